The van der Waals surface area contributed by atoms with Crippen molar-refractivity contribution in [2.75, 3.05) is 0 Å². The van der Waals surface area contributed by atoms with Crippen LogP contribution in [0.15, 0.2) is 30.5 Å². The van der Waals surface area contributed by atoms with Crippen molar-refractivity contribution in [2.24, 2.45) is 11.8 Å². The third-order valence-electron chi connectivity index (χ3n) is 5.20. The molecule has 1 fully saturated rings. The van der Waals surface area contributed by atoms with Crippen LogP contribution < -0.4 is 0 Å². The quantitative estimate of drug-likeness (QED) is 0.651. The van der Waals surface area contributed by atoms with Crippen molar-refractivity contribution in [3.8, 4) is 0 Å². The van der Waals surface area contributed by atoms with Gasteiger partial charge in [-0.05, 0) is 43.0 Å². The Morgan fingerprint density at radius 2 is 2.05 bits per heavy atom. The van der Waals surface area contributed by atoms with Crippen LogP contribution in [-0.2, 0) is 0 Å². The molecule has 3 atom stereocenters. The van der Waals surface area contributed by atoms with Gasteiger partial charge in [0.15, 0.2) is 4.77 Å². The van der Waals surface area contributed by atoms with Gasteiger partial charge in [-0.1, -0.05) is 32.0 Å². The van der Waals surface area contributed by atoms with E-state index in [0.29, 0.717) is 12.0 Å². The normalized spacial score (nSPS) is 25.9. The topological polar surface area (TPSA) is 33.6 Å². The molecule has 0 aliphatic heterocycles. The number of nitrogens with one attached hydrogen (secondary N) is 1. The molecular weight excluding hydrogens is 278 g/mol. The number of H-pyrrole nitrogens is 1. The van der Waals surface area contributed by atoms with Gasteiger partial charge in [0.1, 0.15) is 0 Å². The lowest BCUT2D eigenvalue weighted by Gasteiger charge is -2.21. The number of benzene rings is 1. The summed E-state index contributed by atoms with van der Waals surface area (Å²) in [5.41, 5.74) is 3.30. The Bertz CT molecular complexity index is 876. The second-order valence-electron chi connectivity index (χ2n) is 6.32. The maximum absolute atomic E-state index is 5.62. The molecule has 0 radical (unpaired) electrons. The lowest BCUT2D eigenvalue weighted by atomic mass is 9.97. The lowest BCUT2D eigenvalue weighted by molar-refractivity contribution is 0.356. The third kappa shape index (κ3) is 1.85. The minimum atomic E-state index is 0.493. The van der Waals surface area contributed by atoms with Gasteiger partial charge in [0, 0.05) is 11.4 Å². The van der Waals surface area contributed by atoms with E-state index in [-0.39, 0.29) is 0 Å². The predicted molar refractivity (Wildman–Crippen MR) is 89.0 cm³/mol. The molecule has 3 nitrogen and oxygen atoms in total. The van der Waals surface area contributed by atoms with E-state index in [1.165, 1.54) is 23.7 Å². The zero-order valence-electron chi connectivity index (χ0n) is 12.3. The summed E-state index contributed by atoms with van der Waals surface area (Å²) in [7, 11) is 0. The van der Waals surface area contributed by atoms with Crippen molar-refractivity contribution < 1.29 is 0 Å². The zero-order chi connectivity index (χ0) is 14.6. The molecule has 0 spiro atoms. The lowest BCUT2D eigenvalue weighted by Crippen LogP contribution is -2.14. The van der Waals surface area contributed by atoms with Crippen LogP contribution in [0.3, 0.4) is 0 Å². The Labute approximate surface area is 129 Å². The number of aromatic amines is 1. The molecule has 2 aromatic heterocycles. The third-order valence-corrected chi connectivity index (χ3v) is 5.50. The first-order valence-corrected chi connectivity index (χ1v) is 8.05. The summed E-state index contributed by atoms with van der Waals surface area (Å²) in [5.74, 6) is 1.41. The minimum Gasteiger partial charge on any atom is -0.329 e. The number of imidazole rings is 1. The minimum absolute atomic E-state index is 0.493. The Morgan fingerprint density at radius 1 is 1.24 bits per heavy atom. The van der Waals surface area contributed by atoms with Crippen LogP contribution in [0.2, 0.25) is 0 Å². The van der Waals surface area contributed by atoms with Gasteiger partial charge >= 0.3 is 0 Å². The maximum Gasteiger partial charge on any atom is 0.178 e. The summed E-state index contributed by atoms with van der Waals surface area (Å²) in [6.07, 6.45) is 4.40. The summed E-state index contributed by atoms with van der Waals surface area (Å²) in [5, 5.41) is 1.19. The van der Waals surface area contributed by atoms with Gasteiger partial charge in [0.25, 0.3) is 0 Å². The molecule has 3 aromatic rings. The number of rotatable bonds is 1. The van der Waals surface area contributed by atoms with Gasteiger partial charge in [-0.25, -0.2) is 0 Å². The molecule has 21 heavy (non-hydrogen) atoms. The van der Waals surface area contributed by atoms with E-state index in [0.717, 1.165) is 21.7 Å². The molecule has 0 bridgehead atoms. The van der Waals surface area contributed by atoms with Crippen LogP contribution >= 0.6 is 12.2 Å². The zero-order valence-corrected chi connectivity index (χ0v) is 13.2. The number of nitrogens with zero attached hydrogens (tertiary/aromatic N) is 2. The first-order valence-electron chi connectivity index (χ1n) is 7.65. The average molecular weight is 297 g/mol. The first kappa shape index (κ1) is 13.0. The number of pyridine rings is 1. The molecule has 4 heteroatoms. The highest BCUT2D eigenvalue weighted by molar-refractivity contribution is 7.71. The van der Waals surface area contributed by atoms with E-state index in [1.807, 2.05) is 12.3 Å². The molecule has 2 heterocycles. The van der Waals surface area contributed by atoms with Gasteiger partial charge in [-0.15, -0.1) is 0 Å². The van der Waals surface area contributed by atoms with Crippen LogP contribution in [-0.4, -0.2) is 14.5 Å². The number of hydrogen-bond donors (Lipinski definition) is 1. The smallest absolute Gasteiger partial charge is 0.178 e. The fraction of sp³-hybridized carbons (Fsp3) is 0.412. The second-order valence-corrected chi connectivity index (χ2v) is 6.71. The van der Waals surface area contributed by atoms with Crippen LogP contribution in [0.25, 0.3) is 21.9 Å². The van der Waals surface area contributed by atoms with E-state index in [2.05, 4.69) is 46.6 Å². The summed E-state index contributed by atoms with van der Waals surface area (Å²) in [6, 6.07) is 8.81. The van der Waals surface area contributed by atoms with E-state index >= 15 is 0 Å². The number of fused-ring (bicyclic) bond motifs is 3. The summed E-state index contributed by atoms with van der Waals surface area (Å²) < 4.78 is 3.18. The highest BCUT2D eigenvalue weighted by atomic mass is 32.1. The molecule has 1 aliphatic carbocycles. The molecule has 0 amide bonds. The van der Waals surface area contributed by atoms with Gasteiger partial charge < -0.3 is 9.55 Å². The van der Waals surface area contributed by atoms with Crippen LogP contribution in [0.1, 0.15) is 32.7 Å². The Kier molecular flexibility index (Phi) is 2.89. The molecule has 1 aliphatic rings. The molecule has 1 aromatic carbocycles. The number of aromatic nitrogens is 3. The first-order chi connectivity index (χ1) is 10.2. The average Bonchev–Trinajstić information content (AvgIpc) is 2.99. The Balaban J connectivity index is 2.06. The van der Waals surface area contributed by atoms with Crippen molar-refractivity contribution in [2.45, 2.75) is 32.7 Å². The van der Waals surface area contributed by atoms with E-state index in [1.54, 1.807) is 0 Å². The summed E-state index contributed by atoms with van der Waals surface area (Å²) in [4.78, 5) is 7.88. The number of hydrogen-bond acceptors (Lipinski definition) is 2. The van der Waals surface area contributed by atoms with E-state index in [9.17, 15) is 0 Å². The Hall–Kier alpha value is -1.68. The van der Waals surface area contributed by atoms with Crippen LogP contribution in [0.4, 0.5) is 0 Å². The van der Waals surface area contributed by atoms with Crippen molar-refractivity contribution >= 4 is 34.2 Å². The summed E-state index contributed by atoms with van der Waals surface area (Å²) in [6.45, 7) is 4.70. The fourth-order valence-corrected chi connectivity index (χ4v) is 4.11. The van der Waals surface area contributed by atoms with E-state index in [4.69, 9.17) is 12.2 Å². The van der Waals surface area contributed by atoms with Crippen molar-refractivity contribution in [1.29, 1.82) is 0 Å². The maximum atomic E-state index is 5.62. The molecule has 1 N–H and O–H groups in total. The molecular formula is C17H19N3S. The van der Waals surface area contributed by atoms with Crippen LogP contribution in [0.5, 0.6) is 0 Å². The number of para-hydroxylation sites is 1. The summed E-state index contributed by atoms with van der Waals surface area (Å²) >= 11 is 5.62. The van der Waals surface area contributed by atoms with Crippen molar-refractivity contribution in [3.63, 3.8) is 0 Å². The fourth-order valence-electron chi connectivity index (χ4n) is 3.77. The highest BCUT2D eigenvalue weighted by Gasteiger charge is 2.32. The van der Waals surface area contributed by atoms with Crippen molar-refractivity contribution in [1.82, 2.24) is 14.5 Å². The largest absolute Gasteiger partial charge is 0.329 e. The monoisotopic (exact) mass is 297 g/mol. The molecule has 3 unspecified atom stereocenters. The standard InChI is InChI=1S/C17H19N3S/c1-10-7-8-15(11(10)2)20-16-12-5-3-4-6-13(12)18-9-14(16)19-17(20)21/h3-6,9-11,15H,7-8H2,1-2H3,(H,19,21). The van der Waals surface area contributed by atoms with Gasteiger partial charge in [-0.2, -0.15) is 0 Å². The second kappa shape index (κ2) is 4.67. The predicted octanol–water partition coefficient (Wildman–Crippen LogP) is 4.85. The van der Waals surface area contributed by atoms with E-state index < -0.39 is 0 Å². The van der Waals surface area contributed by atoms with Gasteiger partial charge in [0.2, 0.25) is 0 Å². The highest BCUT2D eigenvalue weighted by Crippen LogP contribution is 2.42. The molecule has 4 rings (SSSR count). The SMILES string of the molecule is CC1CCC(n2c(=S)[nH]c3cnc4ccccc4c32)C1C. The molecule has 0 saturated heterocycles. The van der Waals surface area contributed by atoms with Gasteiger partial charge in [-0.3, -0.25) is 4.98 Å². The van der Waals surface area contributed by atoms with Gasteiger partial charge in [0.05, 0.1) is 22.7 Å². The molecule has 108 valence electrons. The van der Waals surface area contributed by atoms with Crippen LogP contribution in [0, 0.1) is 16.6 Å². The molecule has 1 saturated carbocycles. The Morgan fingerprint density at radius 3 is 2.81 bits per heavy atom. The van der Waals surface area contributed by atoms with Crippen molar-refractivity contribution in [3.05, 3.63) is 35.2 Å².